The number of hydrogen-bond acceptors (Lipinski definition) is 1. The van der Waals surface area contributed by atoms with Gasteiger partial charge in [0, 0.05) is 16.8 Å². The third-order valence-electron chi connectivity index (χ3n) is 1.77. The number of azide groups is 1. The van der Waals surface area contributed by atoms with Crippen LogP contribution >= 0.6 is 15.9 Å². The third kappa shape index (κ3) is 3.24. The van der Waals surface area contributed by atoms with Crippen LogP contribution in [0.4, 0.5) is 0 Å². The summed E-state index contributed by atoms with van der Waals surface area (Å²) in [6, 6.07) is 10.0. The van der Waals surface area contributed by atoms with Crippen molar-refractivity contribution in [1.29, 1.82) is 0 Å². The molecule has 0 heterocycles. The van der Waals surface area contributed by atoms with Crippen LogP contribution in [0.2, 0.25) is 0 Å². The Balaban J connectivity index is 2.81. The highest BCUT2D eigenvalue weighted by Crippen LogP contribution is 2.15. The first-order valence-electron chi connectivity index (χ1n) is 4.19. The van der Waals surface area contributed by atoms with Gasteiger partial charge in [-0.05, 0) is 16.7 Å². The van der Waals surface area contributed by atoms with E-state index in [1.54, 1.807) is 0 Å². The fraction of sp³-hybridized carbons (Fsp3) is 0.200. The minimum atomic E-state index is 0.395. The van der Waals surface area contributed by atoms with E-state index in [4.69, 9.17) is 5.53 Å². The van der Waals surface area contributed by atoms with Crippen molar-refractivity contribution >= 4 is 21.5 Å². The molecule has 0 bridgehead atoms. The van der Waals surface area contributed by atoms with E-state index >= 15 is 0 Å². The standard InChI is InChI=1S/C10H10BrN3/c11-8-10(6-7-13-14-12)9-4-2-1-3-5-9/h1-6H,7-8H2. The highest BCUT2D eigenvalue weighted by atomic mass is 79.9. The fourth-order valence-electron chi connectivity index (χ4n) is 1.09. The molecule has 0 unspecified atom stereocenters. The van der Waals surface area contributed by atoms with E-state index in [1.165, 1.54) is 0 Å². The van der Waals surface area contributed by atoms with Crippen molar-refractivity contribution in [3.8, 4) is 0 Å². The largest absolute Gasteiger partial charge is 0.0899 e. The summed E-state index contributed by atoms with van der Waals surface area (Å²) in [6.07, 6.45) is 1.92. The van der Waals surface area contributed by atoms with E-state index in [1.807, 2.05) is 36.4 Å². The Morgan fingerprint density at radius 1 is 1.43 bits per heavy atom. The van der Waals surface area contributed by atoms with E-state index in [-0.39, 0.29) is 0 Å². The molecular formula is C10H10BrN3. The molecule has 0 aromatic heterocycles. The molecule has 0 radical (unpaired) electrons. The van der Waals surface area contributed by atoms with Gasteiger partial charge in [-0.3, -0.25) is 0 Å². The maximum atomic E-state index is 8.14. The Hall–Kier alpha value is -1.25. The zero-order valence-electron chi connectivity index (χ0n) is 7.60. The fourth-order valence-corrected chi connectivity index (χ4v) is 1.64. The van der Waals surface area contributed by atoms with Gasteiger partial charge >= 0.3 is 0 Å². The molecule has 1 aromatic rings. The summed E-state index contributed by atoms with van der Waals surface area (Å²) in [5.74, 6) is 0. The van der Waals surface area contributed by atoms with Gasteiger partial charge in [0.15, 0.2) is 0 Å². The number of nitrogens with zero attached hydrogens (tertiary/aromatic N) is 3. The predicted molar refractivity (Wildman–Crippen MR) is 62.2 cm³/mol. The van der Waals surface area contributed by atoms with Crippen LogP contribution in [0.25, 0.3) is 16.0 Å². The molecule has 0 atom stereocenters. The lowest BCUT2D eigenvalue weighted by atomic mass is 10.1. The van der Waals surface area contributed by atoms with Crippen LogP contribution in [-0.4, -0.2) is 11.9 Å². The van der Waals surface area contributed by atoms with Gasteiger partial charge in [-0.2, -0.15) is 0 Å². The molecule has 1 rings (SSSR count). The molecule has 0 spiro atoms. The van der Waals surface area contributed by atoms with Gasteiger partial charge in [0.2, 0.25) is 0 Å². The second-order valence-electron chi connectivity index (χ2n) is 2.64. The first kappa shape index (κ1) is 10.8. The van der Waals surface area contributed by atoms with Crippen molar-refractivity contribution in [3.05, 3.63) is 52.4 Å². The van der Waals surface area contributed by atoms with E-state index in [0.29, 0.717) is 6.54 Å². The lowest BCUT2D eigenvalue weighted by Gasteiger charge is -2.02. The Kier molecular flexibility index (Phi) is 4.83. The minimum Gasteiger partial charge on any atom is -0.0899 e. The minimum absolute atomic E-state index is 0.395. The van der Waals surface area contributed by atoms with Gasteiger partial charge < -0.3 is 0 Å². The molecule has 0 aliphatic heterocycles. The number of rotatable bonds is 4. The Bertz CT molecular complexity index is 353. The van der Waals surface area contributed by atoms with Gasteiger partial charge in [0.05, 0.1) is 0 Å². The quantitative estimate of drug-likeness (QED) is 0.339. The van der Waals surface area contributed by atoms with Crippen LogP contribution in [0.3, 0.4) is 0 Å². The van der Waals surface area contributed by atoms with Crippen molar-refractivity contribution in [1.82, 2.24) is 0 Å². The van der Waals surface area contributed by atoms with E-state index in [0.717, 1.165) is 16.5 Å². The van der Waals surface area contributed by atoms with Gasteiger partial charge in [-0.25, -0.2) is 0 Å². The topological polar surface area (TPSA) is 48.8 Å². The Morgan fingerprint density at radius 3 is 2.71 bits per heavy atom. The second kappa shape index (κ2) is 6.24. The summed E-state index contributed by atoms with van der Waals surface area (Å²) < 4.78 is 0. The first-order chi connectivity index (χ1) is 6.88. The van der Waals surface area contributed by atoms with Gasteiger partial charge in [-0.15, -0.1) is 0 Å². The highest BCUT2D eigenvalue weighted by Gasteiger charge is 1.96. The summed E-state index contributed by atoms with van der Waals surface area (Å²) >= 11 is 3.40. The van der Waals surface area contributed by atoms with Crippen LogP contribution < -0.4 is 0 Å². The lowest BCUT2D eigenvalue weighted by Crippen LogP contribution is -1.86. The van der Waals surface area contributed by atoms with Crippen molar-refractivity contribution in [3.63, 3.8) is 0 Å². The lowest BCUT2D eigenvalue weighted by molar-refractivity contribution is 1.21. The molecule has 0 amide bonds. The molecule has 14 heavy (non-hydrogen) atoms. The Morgan fingerprint density at radius 2 is 2.14 bits per heavy atom. The first-order valence-corrected chi connectivity index (χ1v) is 5.32. The maximum Gasteiger partial charge on any atom is 0.0446 e. The molecule has 3 nitrogen and oxygen atoms in total. The zero-order valence-corrected chi connectivity index (χ0v) is 9.18. The number of hydrogen-bond donors (Lipinski definition) is 0. The van der Waals surface area contributed by atoms with Crippen molar-refractivity contribution in [2.45, 2.75) is 0 Å². The maximum absolute atomic E-state index is 8.14. The highest BCUT2D eigenvalue weighted by molar-refractivity contribution is 9.09. The van der Waals surface area contributed by atoms with Crippen molar-refractivity contribution in [2.24, 2.45) is 5.11 Å². The molecule has 4 heteroatoms. The van der Waals surface area contributed by atoms with Crippen LogP contribution in [0.15, 0.2) is 41.5 Å². The molecule has 0 aliphatic rings. The molecule has 0 saturated carbocycles. The summed E-state index contributed by atoms with van der Waals surface area (Å²) in [5.41, 5.74) is 10.4. The van der Waals surface area contributed by atoms with E-state index < -0.39 is 0 Å². The number of allylic oxidation sites excluding steroid dienone is 1. The van der Waals surface area contributed by atoms with Crippen molar-refractivity contribution in [2.75, 3.05) is 11.9 Å². The zero-order chi connectivity index (χ0) is 10.2. The molecule has 72 valence electrons. The van der Waals surface area contributed by atoms with Crippen molar-refractivity contribution < 1.29 is 0 Å². The third-order valence-corrected chi connectivity index (χ3v) is 2.38. The molecule has 0 saturated heterocycles. The summed E-state index contributed by atoms with van der Waals surface area (Å²) in [4.78, 5) is 2.70. The van der Waals surface area contributed by atoms with E-state index in [2.05, 4.69) is 26.0 Å². The Labute approximate surface area is 91.2 Å². The van der Waals surface area contributed by atoms with Crippen LogP contribution in [0.5, 0.6) is 0 Å². The van der Waals surface area contributed by atoms with Gasteiger partial charge in [0.1, 0.15) is 0 Å². The average molecular weight is 252 g/mol. The van der Waals surface area contributed by atoms with E-state index in [9.17, 15) is 0 Å². The molecule has 0 N–H and O–H groups in total. The number of alkyl halides is 1. The normalized spacial score (nSPS) is 10.8. The average Bonchev–Trinajstić information content (AvgIpc) is 2.26. The van der Waals surface area contributed by atoms with Crippen LogP contribution in [0, 0.1) is 0 Å². The summed E-state index contributed by atoms with van der Waals surface area (Å²) in [6.45, 7) is 0.395. The number of benzene rings is 1. The molecular weight excluding hydrogens is 242 g/mol. The monoisotopic (exact) mass is 251 g/mol. The van der Waals surface area contributed by atoms with Gasteiger partial charge in [-0.1, -0.05) is 57.5 Å². The SMILES string of the molecule is [N-]=[N+]=NCC=C(CBr)c1ccccc1. The van der Waals surface area contributed by atoms with Crippen LogP contribution in [-0.2, 0) is 0 Å². The van der Waals surface area contributed by atoms with Crippen LogP contribution in [0.1, 0.15) is 5.56 Å². The molecule has 1 aromatic carbocycles. The number of halogens is 1. The molecule has 0 fully saturated rings. The summed E-state index contributed by atoms with van der Waals surface area (Å²) in [5, 5.41) is 4.23. The van der Waals surface area contributed by atoms with Gasteiger partial charge in [0.25, 0.3) is 0 Å². The molecule has 0 aliphatic carbocycles. The summed E-state index contributed by atoms with van der Waals surface area (Å²) in [7, 11) is 0. The predicted octanol–water partition coefficient (Wildman–Crippen LogP) is 3.78. The second-order valence-corrected chi connectivity index (χ2v) is 3.20. The smallest absolute Gasteiger partial charge is 0.0446 e.